The van der Waals surface area contributed by atoms with Crippen LogP contribution in [0.25, 0.3) is 0 Å². The Labute approximate surface area is 111 Å². The lowest BCUT2D eigenvalue weighted by atomic mass is 10.2. The summed E-state index contributed by atoms with van der Waals surface area (Å²) in [5.74, 6) is -0.0431. The second kappa shape index (κ2) is 5.23. The lowest BCUT2D eigenvalue weighted by molar-refractivity contribution is 0.103. The van der Waals surface area contributed by atoms with Crippen LogP contribution in [0.4, 0.5) is 11.4 Å². The van der Waals surface area contributed by atoms with Crippen molar-refractivity contribution in [2.24, 2.45) is 0 Å². The third-order valence-corrected chi connectivity index (χ3v) is 3.70. The van der Waals surface area contributed by atoms with Crippen molar-refractivity contribution in [2.45, 2.75) is 6.92 Å². The zero-order valence-electron chi connectivity index (χ0n) is 10.7. The summed E-state index contributed by atoms with van der Waals surface area (Å²) in [4.78, 5) is 14.8. The van der Waals surface area contributed by atoms with E-state index in [4.69, 9.17) is 0 Å². The van der Waals surface area contributed by atoms with Gasteiger partial charge in [0.15, 0.2) is 0 Å². The molecular formula is C14H16N2OS. The molecule has 1 aromatic heterocycles. The van der Waals surface area contributed by atoms with Crippen LogP contribution in [0.15, 0.2) is 35.7 Å². The van der Waals surface area contributed by atoms with Crippen LogP contribution in [0.5, 0.6) is 0 Å². The first-order valence-corrected chi connectivity index (χ1v) is 6.59. The first-order valence-electron chi connectivity index (χ1n) is 5.71. The number of benzene rings is 1. The van der Waals surface area contributed by atoms with E-state index in [1.54, 1.807) is 0 Å². The Morgan fingerprint density at radius 2 is 2.06 bits per heavy atom. The monoisotopic (exact) mass is 260 g/mol. The SMILES string of the molecule is Cc1ccsc1C(=O)Nc1cccc(N(C)C)c1. The molecule has 0 atom stereocenters. The minimum Gasteiger partial charge on any atom is -0.378 e. The number of carbonyl (C=O) groups is 1. The van der Waals surface area contributed by atoms with Crippen molar-refractivity contribution >= 4 is 28.6 Å². The number of hydrogen-bond donors (Lipinski definition) is 1. The Balaban J connectivity index is 2.17. The van der Waals surface area contributed by atoms with Gasteiger partial charge in [0.05, 0.1) is 4.88 Å². The van der Waals surface area contributed by atoms with Gasteiger partial charge in [0, 0.05) is 25.5 Å². The Hall–Kier alpha value is -1.81. The molecule has 4 heteroatoms. The topological polar surface area (TPSA) is 32.3 Å². The second-order valence-corrected chi connectivity index (χ2v) is 5.25. The predicted molar refractivity (Wildman–Crippen MR) is 77.8 cm³/mol. The summed E-state index contributed by atoms with van der Waals surface area (Å²) in [6.45, 7) is 1.95. The van der Waals surface area contributed by atoms with E-state index in [0.29, 0.717) is 0 Å². The van der Waals surface area contributed by atoms with Crippen LogP contribution < -0.4 is 10.2 Å². The zero-order chi connectivity index (χ0) is 13.1. The fraction of sp³-hybridized carbons (Fsp3) is 0.214. The summed E-state index contributed by atoms with van der Waals surface area (Å²) < 4.78 is 0. The molecule has 0 saturated heterocycles. The molecule has 0 unspecified atom stereocenters. The molecule has 0 spiro atoms. The van der Waals surface area contributed by atoms with Gasteiger partial charge in [0.25, 0.3) is 5.91 Å². The standard InChI is InChI=1S/C14H16N2OS/c1-10-7-8-18-13(10)14(17)15-11-5-4-6-12(9-11)16(2)3/h4-9H,1-3H3,(H,15,17). The normalized spacial score (nSPS) is 10.2. The number of nitrogens with one attached hydrogen (secondary N) is 1. The third-order valence-electron chi connectivity index (χ3n) is 2.69. The van der Waals surface area contributed by atoms with Crippen LogP contribution in [0, 0.1) is 6.92 Å². The number of carbonyl (C=O) groups excluding carboxylic acids is 1. The van der Waals surface area contributed by atoms with Crippen LogP contribution in [-0.4, -0.2) is 20.0 Å². The summed E-state index contributed by atoms with van der Waals surface area (Å²) in [7, 11) is 3.95. The van der Waals surface area contributed by atoms with Crippen LogP contribution in [0.3, 0.4) is 0 Å². The highest BCUT2D eigenvalue weighted by Crippen LogP contribution is 2.20. The average molecular weight is 260 g/mol. The van der Waals surface area contributed by atoms with E-state index in [0.717, 1.165) is 21.8 Å². The summed E-state index contributed by atoms with van der Waals surface area (Å²) in [6, 6.07) is 9.75. The lowest BCUT2D eigenvalue weighted by Gasteiger charge is -2.13. The van der Waals surface area contributed by atoms with Crippen molar-refractivity contribution in [1.29, 1.82) is 0 Å². The van der Waals surface area contributed by atoms with E-state index >= 15 is 0 Å². The highest BCUT2D eigenvalue weighted by Gasteiger charge is 2.10. The molecule has 2 rings (SSSR count). The maximum atomic E-state index is 12.1. The number of amides is 1. The molecule has 94 valence electrons. The van der Waals surface area contributed by atoms with E-state index in [2.05, 4.69) is 5.32 Å². The van der Waals surface area contributed by atoms with Gasteiger partial charge in [-0.3, -0.25) is 4.79 Å². The molecule has 0 aliphatic carbocycles. The Morgan fingerprint density at radius 3 is 2.67 bits per heavy atom. The van der Waals surface area contributed by atoms with Gasteiger partial charge in [-0.2, -0.15) is 0 Å². The van der Waals surface area contributed by atoms with E-state index < -0.39 is 0 Å². The molecule has 1 amide bonds. The smallest absolute Gasteiger partial charge is 0.265 e. The number of thiophene rings is 1. The van der Waals surface area contributed by atoms with Gasteiger partial charge in [-0.25, -0.2) is 0 Å². The molecule has 0 aliphatic rings. The Bertz CT molecular complexity index is 560. The summed E-state index contributed by atoms with van der Waals surface area (Å²) in [6.07, 6.45) is 0. The van der Waals surface area contributed by atoms with E-state index in [9.17, 15) is 4.79 Å². The number of rotatable bonds is 3. The van der Waals surface area contributed by atoms with Gasteiger partial charge < -0.3 is 10.2 Å². The molecule has 18 heavy (non-hydrogen) atoms. The fourth-order valence-electron chi connectivity index (χ4n) is 1.66. The Morgan fingerprint density at radius 1 is 1.28 bits per heavy atom. The van der Waals surface area contributed by atoms with Crippen LogP contribution >= 0.6 is 11.3 Å². The van der Waals surface area contributed by atoms with Crippen LogP contribution in [0.1, 0.15) is 15.2 Å². The maximum absolute atomic E-state index is 12.1. The molecule has 0 radical (unpaired) electrons. The summed E-state index contributed by atoms with van der Waals surface area (Å²) >= 11 is 1.46. The predicted octanol–water partition coefficient (Wildman–Crippen LogP) is 3.37. The fourth-order valence-corrected chi connectivity index (χ4v) is 2.48. The molecule has 0 fully saturated rings. The van der Waals surface area contributed by atoms with Gasteiger partial charge in [0.1, 0.15) is 0 Å². The molecule has 0 bridgehead atoms. The van der Waals surface area contributed by atoms with E-state index in [1.807, 2.05) is 61.6 Å². The molecule has 2 aromatic rings. The highest BCUT2D eigenvalue weighted by atomic mass is 32.1. The van der Waals surface area contributed by atoms with Crippen molar-refractivity contribution in [3.63, 3.8) is 0 Å². The summed E-state index contributed by atoms with van der Waals surface area (Å²) in [5, 5.41) is 4.86. The van der Waals surface area contributed by atoms with Crippen LogP contribution in [0.2, 0.25) is 0 Å². The van der Waals surface area contributed by atoms with Crippen molar-refractivity contribution in [2.75, 3.05) is 24.3 Å². The molecular weight excluding hydrogens is 244 g/mol. The van der Waals surface area contributed by atoms with Crippen molar-refractivity contribution in [3.05, 3.63) is 46.2 Å². The number of anilines is 2. The second-order valence-electron chi connectivity index (χ2n) is 4.33. The number of nitrogens with zero attached hydrogens (tertiary/aromatic N) is 1. The van der Waals surface area contributed by atoms with Crippen molar-refractivity contribution in [1.82, 2.24) is 0 Å². The van der Waals surface area contributed by atoms with Gasteiger partial charge in [-0.1, -0.05) is 6.07 Å². The van der Waals surface area contributed by atoms with Gasteiger partial charge in [-0.05, 0) is 42.1 Å². The molecule has 1 N–H and O–H groups in total. The van der Waals surface area contributed by atoms with E-state index in [1.165, 1.54) is 11.3 Å². The molecule has 3 nitrogen and oxygen atoms in total. The third kappa shape index (κ3) is 2.71. The minimum absolute atomic E-state index is 0.0431. The van der Waals surface area contributed by atoms with Gasteiger partial charge in [0.2, 0.25) is 0 Å². The average Bonchev–Trinajstić information content (AvgIpc) is 2.76. The first kappa shape index (κ1) is 12.6. The molecule has 1 heterocycles. The largest absolute Gasteiger partial charge is 0.378 e. The maximum Gasteiger partial charge on any atom is 0.265 e. The number of aryl methyl sites for hydroxylation is 1. The summed E-state index contributed by atoms with van der Waals surface area (Å²) in [5.41, 5.74) is 2.90. The van der Waals surface area contributed by atoms with Crippen LogP contribution in [-0.2, 0) is 0 Å². The first-order chi connectivity index (χ1) is 8.58. The molecule has 0 saturated carbocycles. The molecule has 1 aromatic carbocycles. The van der Waals surface area contributed by atoms with Crippen molar-refractivity contribution in [3.8, 4) is 0 Å². The van der Waals surface area contributed by atoms with Crippen molar-refractivity contribution < 1.29 is 4.79 Å². The Kier molecular flexibility index (Phi) is 3.67. The minimum atomic E-state index is -0.0431. The van der Waals surface area contributed by atoms with E-state index in [-0.39, 0.29) is 5.91 Å². The quantitative estimate of drug-likeness (QED) is 0.917. The lowest BCUT2D eigenvalue weighted by Crippen LogP contribution is -2.13. The number of hydrogen-bond acceptors (Lipinski definition) is 3. The highest BCUT2D eigenvalue weighted by molar-refractivity contribution is 7.12. The zero-order valence-corrected chi connectivity index (χ0v) is 11.5. The van der Waals surface area contributed by atoms with Gasteiger partial charge >= 0.3 is 0 Å². The molecule has 0 aliphatic heterocycles. The van der Waals surface area contributed by atoms with Gasteiger partial charge in [-0.15, -0.1) is 11.3 Å².